The van der Waals surface area contributed by atoms with Crippen molar-refractivity contribution >= 4 is 5.91 Å². The molecule has 0 spiro atoms. The van der Waals surface area contributed by atoms with E-state index in [1.165, 1.54) is 0 Å². The maximum atomic E-state index is 12.5. The number of amides is 1. The molecule has 5 heteroatoms. The van der Waals surface area contributed by atoms with Crippen LogP contribution in [-0.2, 0) is 6.42 Å². The molecule has 0 fully saturated rings. The van der Waals surface area contributed by atoms with E-state index in [9.17, 15) is 4.79 Å². The summed E-state index contributed by atoms with van der Waals surface area (Å²) in [5.74, 6) is 1.93. The van der Waals surface area contributed by atoms with Gasteiger partial charge in [-0.25, -0.2) is 4.98 Å². The fourth-order valence-electron chi connectivity index (χ4n) is 2.78. The predicted molar refractivity (Wildman–Crippen MR) is 86.7 cm³/mol. The lowest BCUT2D eigenvalue weighted by molar-refractivity contribution is 0.0899. The lowest BCUT2D eigenvalue weighted by atomic mass is 10.1. The fraction of sp³-hybridized carbons (Fsp3) is 0.444. The Labute approximate surface area is 136 Å². The Morgan fingerprint density at radius 3 is 2.91 bits per heavy atom. The summed E-state index contributed by atoms with van der Waals surface area (Å²) in [6.45, 7) is 8.45. The second-order valence-electron chi connectivity index (χ2n) is 6.50. The third-order valence-electron chi connectivity index (χ3n) is 3.88. The number of benzene rings is 1. The summed E-state index contributed by atoms with van der Waals surface area (Å²) in [5.41, 5.74) is 2.78. The summed E-state index contributed by atoms with van der Waals surface area (Å²) < 4.78 is 11.3. The Balaban J connectivity index is 1.76. The topological polar surface area (TPSA) is 64.4 Å². The number of fused-ring (bicyclic) bond motifs is 1. The van der Waals surface area contributed by atoms with Crippen LogP contribution in [0.25, 0.3) is 0 Å². The molecule has 0 saturated carbocycles. The molecule has 1 amide bonds. The van der Waals surface area contributed by atoms with Crippen molar-refractivity contribution in [1.29, 1.82) is 0 Å². The van der Waals surface area contributed by atoms with Crippen molar-refractivity contribution in [2.24, 2.45) is 5.92 Å². The van der Waals surface area contributed by atoms with Crippen molar-refractivity contribution in [1.82, 2.24) is 10.3 Å². The average Bonchev–Trinajstić information content (AvgIpc) is 3.02. The van der Waals surface area contributed by atoms with E-state index in [0.29, 0.717) is 29.9 Å². The van der Waals surface area contributed by atoms with Crippen molar-refractivity contribution in [2.75, 3.05) is 6.61 Å². The van der Waals surface area contributed by atoms with Crippen LogP contribution in [0.5, 0.6) is 5.75 Å². The van der Waals surface area contributed by atoms with Gasteiger partial charge in [0.25, 0.3) is 5.91 Å². The number of nitrogens with one attached hydrogen (secondary N) is 1. The van der Waals surface area contributed by atoms with Gasteiger partial charge >= 0.3 is 0 Å². The number of oxazole rings is 1. The number of aryl methyl sites for hydroxylation is 2. The van der Waals surface area contributed by atoms with Crippen LogP contribution in [0.4, 0.5) is 0 Å². The number of hydrogen-bond acceptors (Lipinski definition) is 4. The number of aromatic nitrogens is 1. The quantitative estimate of drug-likeness (QED) is 0.940. The van der Waals surface area contributed by atoms with Crippen molar-refractivity contribution in [3.63, 3.8) is 0 Å². The fourth-order valence-corrected chi connectivity index (χ4v) is 2.78. The molecule has 23 heavy (non-hydrogen) atoms. The highest BCUT2D eigenvalue weighted by molar-refractivity contribution is 5.92. The second kappa shape index (κ2) is 6.07. The van der Waals surface area contributed by atoms with E-state index in [4.69, 9.17) is 9.15 Å². The maximum Gasteiger partial charge on any atom is 0.289 e. The van der Waals surface area contributed by atoms with Gasteiger partial charge in [0.05, 0.1) is 11.7 Å². The van der Waals surface area contributed by atoms with E-state index in [0.717, 1.165) is 23.3 Å². The van der Waals surface area contributed by atoms with Gasteiger partial charge in [0.1, 0.15) is 12.4 Å². The van der Waals surface area contributed by atoms with E-state index in [2.05, 4.69) is 24.1 Å². The molecule has 1 unspecified atom stereocenters. The van der Waals surface area contributed by atoms with Gasteiger partial charge in [-0.1, -0.05) is 31.5 Å². The van der Waals surface area contributed by atoms with E-state index in [-0.39, 0.29) is 11.9 Å². The van der Waals surface area contributed by atoms with Crippen LogP contribution < -0.4 is 10.1 Å². The van der Waals surface area contributed by atoms with E-state index < -0.39 is 0 Å². The molecule has 2 heterocycles. The maximum absolute atomic E-state index is 12.5. The molecule has 122 valence electrons. The van der Waals surface area contributed by atoms with Gasteiger partial charge in [-0.2, -0.15) is 0 Å². The molecule has 1 aliphatic rings. The summed E-state index contributed by atoms with van der Waals surface area (Å²) in [6.07, 6.45) is 0.725. The van der Waals surface area contributed by atoms with Gasteiger partial charge in [0.15, 0.2) is 5.89 Å². The van der Waals surface area contributed by atoms with Crippen LogP contribution in [0.3, 0.4) is 0 Å². The molecule has 1 N–H and O–H groups in total. The van der Waals surface area contributed by atoms with Crippen LogP contribution in [0.2, 0.25) is 0 Å². The van der Waals surface area contributed by atoms with Crippen LogP contribution in [0.15, 0.2) is 22.6 Å². The summed E-state index contributed by atoms with van der Waals surface area (Å²) in [5, 5.41) is 2.99. The Morgan fingerprint density at radius 1 is 1.39 bits per heavy atom. The molecule has 1 atom stereocenters. The minimum absolute atomic E-state index is 0.157. The minimum Gasteiger partial charge on any atom is -0.491 e. The van der Waals surface area contributed by atoms with Gasteiger partial charge in [-0.15, -0.1) is 0 Å². The highest BCUT2D eigenvalue weighted by Gasteiger charge is 2.28. The van der Waals surface area contributed by atoms with Crippen molar-refractivity contribution in [2.45, 2.75) is 40.2 Å². The lowest BCUT2D eigenvalue weighted by Crippen LogP contribution is -2.29. The normalized spacial score (nSPS) is 16.3. The molecule has 1 aliphatic heterocycles. The highest BCUT2D eigenvalue weighted by Crippen LogP contribution is 2.33. The molecular formula is C18H22N2O3. The molecule has 1 aromatic heterocycles. The third kappa shape index (κ3) is 3.23. The number of carbonyl (C=O) groups excluding carboxylic acids is 1. The predicted octanol–water partition coefficient (Wildman–Crippen LogP) is 3.35. The Bertz CT molecular complexity index is 734. The van der Waals surface area contributed by atoms with Crippen LogP contribution in [0, 0.1) is 19.8 Å². The second-order valence-corrected chi connectivity index (χ2v) is 6.50. The van der Waals surface area contributed by atoms with Crippen molar-refractivity contribution in [3.05, 3.63) is 46.7 Å². The molecule has 1 aromatic carbocycles. The summed E-state index contributed by atoms with van der Waals surface area (Å²) in [4.78, 5) is 16.9. The first kappa shape index (κ1) is 15.6. The molecule has 5 nitrogen and oxygen atoms in total. The van der Waals surface area contributed by atoms with E-state index >= 15 is 0 Å². The largest absolute Gasteiger partial charge is 0.491 e. The molecule has 0 aliphatic carbocycles. The monoisotopic (exact) mass is 314 g/mol. The first-order valence-corrected chi connectivity index (χ1v) is 7.94. The van der Waals surface area contributed by atoms with Crippen LogP contribution >= 0.6 is 0 Å². The zero-order chi connectivity index (χ0) is 16.6. The zero-order valence-corrected chi connectivity index (χ0v) is 14.0. The number of rotatable bonds is 4. The molecule has 0 bridgehead atoms. The van der Waals surface area contributed by atoms with Gasteiger partial charge in [0.2, 0.25) is 5.76 Å². The third-order valence-corrected chi connectivity index (χ3v) is 3.88. The number of hydrogen-bond donors (Lipinski definition) is 1. The molecule has 2 aromatic rings. The van der Waals surface area contributed by atoms with E-state index in [1.807, 2.05) is 25.1 Å². The van der Waals surface area contributed by atoms with Crippen LogP contribution in [-0.4, -0.2) is 17.5 Å². The van der Waals surface area contributed by atoms with Crippen LogP contribution in [0.1, 0.15) is 53.2 Å². The molecule has 0 radical (unpaired) electrons. The SMILES string of the molecule is Cc1ccc2c(c1)C(NC(=O)c1oc(CC(C)C)nc1C)CO2. The number of nitrogens with zero attached hydrogens (tertiary/aromatic N) is 1. The number of ether oxygens (including phenoxy) is 1. The van der Waals surface area contributed by atoms with E-state index in [1.54, 1.807) is 6.92 Å². The Hall–Kier alpha value is -2.30. The summed E-state index contributed by atoms with van der Waals surface area (Å²) in [7, 11) is 0. The highest BCUT2D eigenvalue weighted by atomic mass is 16.5. The first-order chi connectivity index (χ1) is 10.9. The minimum atomic E-state index is -0.243. The number of carbonyl (C=O) groups is 1. The Kier molecular flexibility index (Phi) is 4.11. The van der Waals surface area contributed by atoms with Gasteiger partial charge in [0, 0.05) is 12.0 Å². The summed E-state index contributed by atoms with van der Waals surface area (Å²) >= 11 is 0. The lowest BCUT2D eigenvalue weighted by Gasteiger charge is -2.11. The van der Waals surface area contributed by atoms with Crippen molar-refractivity contribution < 1.29 is 13.9 Å². The van der Waals surface area contributed by atoms with Crippen molar-refractivity contribution in [3.8, 4) is 5.75 Å². The molecule has 3 rings (SSSR count). The summed E-state index contributed by atoms with van der Waals surface area (Å²) in [6, 6.07) is 5.83. The standard InChI is InChI=1S/C18H22N2O3/c1-10(2)7-16-19-12(4)17(23-16)18(21)20-14-9-22-15-6-5-11(3)8-13(14)15/h5-6,8,10,14H,7,9H2,1-4H3,(H,20,21). The Morgan fingerprint density at radius 2 is 2.17 bits per heavy atom. The zero-order valence-electron chi connectivity index (χ0n) is 14.0. The molecule has 0 saturated heterocycles. The average molecular weight is 314 g/mol. The van der Waals surface area contributed by atoms with Gasteiger partial charge in [-0.3, -0.25) is 4.79 Å². The van der Waals surface area contributed by atoms with Gasteiger partial charge in [-0.05, 0) is 25.8 Å². The molecular weight excluding hydrogens is 292 g/mol. The first-order valence-electron chi connectivity index (χ1n) is 7.94. The smallest absolute Gasteiger partial charge is 0.289 e. The van der Waals surface area contributed by atoms with Gasteiger partial charge < -0.3 is 14.5 Å².